The molecule has 0 aromatic heterocycles. The number of carbonyl (C=O) groups excluding carboxylic acids is 1. The third kappa shape index (κ3) is 1.46. The van der Waals surface area contributed by atoms with Crippen molar-refractivity contribution in [2.45, 2.75) is 39.2 Å². The second-order valence-electron chi connectivity index (χ2n) is 6.55. The summed E-state index contributed by atoms with van der Waals surface area (Å²) < 4.78 is 25.9. The lowest BCUT2D eigenvalue weighted by molar-refractivity contribution is -0.124. The van der Waals surface area contributed by atoms with E-state index in [2.05, 4.69) is 13.8 Å². The van der Waals surface area contributed by atoms with Gasteiger partial charge < -0.3 is 0 Å². The molecule has 2 aliphatic carbocycles. The molecule has 1 spiro atoms. The van der Waals surface area contributed by atoms with Gasteiger partial charge in [-0.2, -0.15) is 0 Å². The van der Waals surface area contributed by atoms with Crippen molar-refractivity contribution >= 4 is 27.5 Å². The summed E-state index contributed by atoms with van der Waals surface area (Å²) in [6, 6.07) is -0.174. The second-order valence-corrected chi connectivity index (χ2v) is 8.65. The van der Waals surface area contributed by atoms with Crippen molar-refractivity contribution in [3.05, 3.63) is 11.6 Å². The minimum absolute atomic E-state index is 0.00948. The molecule has 0 unspecified atom stereocenters. The number of hydrogen-bond acceptors (Lipinski definition) is 3. The van der Waals surface area contributed by atoms with E-state index in [1.54, 1.807) is 0 Å². The Morgan fingerprint density at radius 1 is 1.42 bits per heavy atom. The van der Waals surface area contributed by atoms with Gasteiger partial charge in [0.15, 0.2) is 0 Å². The van der Waals surface area contributed by atoms with E-state index in [0.29, 0.717) is 5.92 Å². The van der Waals surface area contributed by atoms with Crippen molar-refractivity contribution in [3.8, 4) is 0 Å². The van der Waals surface area contributed by atoms with Gasteiger partial charge in [0.05, 0.1) is 11.8 Å². The molecule has 4 nitrogen and oxygen atoms in total. The van der Waals surface area contributed by atoms with Gasteiger partial charge in [-0.05, 0) is 30.6 Å². The van der Waals surface area contributed by atoms with E-state index < -0.39 is 15.9 Å². The summed E-state index contributed by atoms with van der Waals surface area (Å²) in [5.74, 6) is 0.124. The SMILES string of the molecule is CC1(C)[C@@H]2CC[C@]13CS(=O)(=O)N(C(=O)/C=C\Cl)[C@@H]3C2. The monoisotopic (exact) mass is 303 g/mol. The van der Waals surface area contributed by atoms with Crippen LogP contribution in [0.1, 0.15) is 33.1 Å². The van der Waals surface area contributed by atoms with Crippen LogP contribution < -0.4 is 0 Å². The fourth-order valence-electron chi connectivity index (χ4n) is 4.71. The maximum absolute atomic E-state index is 12.4. The second kappa shape index (κ2) is 3.76. The maximum Gasteiger partial charge on any atom is 0.261 e. The molecular weight excluding hydrogens is 286 g/mol. The van der Waals surface area contributed by atoms with Crippen LogP contribution in [0.3, 0.4) is 0 Å². The first-order valence-corrected chi connectivity index (χ1v) is 8.64. The van der Waals surface area contributed by atoms with Crippen molar-refractivity contribution in [1.29, 1.82) is 0 Å². The Balaban J connectivity index is 2.09. The highest BCUT2D eigenvalue weighted by molar-refractivity contribution is 7.90. The number of sulfonamides is 1. The summed E-state index contributed by atoms with van der Waals surface area (Å²) in [5.41, 5.74) is 0.817. The van der Waals surface area contributed by atoms with Crippen LogP contribution in [-0.4, -0.2) is 30.4 Å². The summed E-state index contributed by atoms with van der Waals surface area (Å²) in [4.78, 5) is 12.1. The molecule has 106 valence electrons. The Morgan fingerprint density at radius 2 is 2.11 bits per heavy atom. The molecule has 3 fully saturated rings. The number of hydrogen-bond donors (Lipinski definition) is 0. The van der Waals surface area contributed by atoms with Crippen molar-refractivity contribution in [2.24, 2.45) is 16.7 Å². The molecule has 3 aliphatic rings. The lowest BCUT2D eigenvalue weighted by Gasteiger charge is -2.36. The van der Waals surface area contributed by atoms with E-state index >= 15 is 0 Å². The van der Waals surface area contributed by atoms with Crippen molar-refractivity contribution < 1.29 is 13.2 Å². The fraction of sp³-hybridized carbons (Fsp3) is 0.769. The molecule has 1 heterocycles. The predicted molar refractivity (Wildman–Crippen MR) is 73.0 cm³/mol. The van der Waals surface area contributed by atoms with Crippen LogP contribution in [0.15, 0.2) is 11.6 Å². The van der Waals surface area contributed by atoms with Gasteiger partial charge >= 0.3 is 0 Å². The van der Waals surface area contributed by atoms with E-state index in [4.69, 9.17) is 11.6 Å². The van der Waals surface area contributed by atoms with Crippen LogP contribution in [-0.2, 0) is 14.8 Å². The van der Waals surface area contributed by atoms with Gasteiger partial charge in [-0.15, -0.1) is 0 Å². The lowest BCUT2D eigenvalue weighted by Crippen LogP contribution is -2.43. The number of halogens is 1. The zero-order valence-corrected chi connectivity index (χ0v) is 12.7. The highest BCUT2D eigenvalue weighted by Crippen LogP contribution is 2.69. The Morgan fingerprint density at radius 3 is 2.68 bits per heavy atom. The topological polar surface area (TPSA) is 54.5 Å². The Labute approximate surface area is 118 Å². The lowest BCUT2D eigenvalue weighted by atomic mass is 9.69. The number of nitrogens with zero attached hydrogens (tertiary/aromatic N) is 1. The Bertz CT molecular complexity index is 568. The quantitative estimate of drug-likeness (QED) is 0.697. The predicted octanol–water partition coefficient (Wildman–Crippen LogP) is 2.11. The summed E-state index contributed by atoms with van der Waals surface area (Å²) in [7, 11) is -3.51. The summed E-state index contributed by atoms with van der Waals surface area (Å²) in [5, 5.41) is 0. The standard InChI is InChI=1S/C13H18ClNO3S/c1-12(2)9-3-5-13(12)8-19(17,18)15(10(13)7-9)11(16)4-6-14/h4,6,9-10H,3,5,7-8H2,1-2H3/b6-4-/t9-,10-,13-/m1/s1. The van der Waals surface area contributed by atoms with Crippen molar-refractivity contribution in [1.82, 2.24) is 4.31 Å². The van der Waals surface area contributed by atoms with Gasteiger partial charge in [-0.25, -0.2) is 12.7 Å². The van der Waals surface area contributed by atoms with Gasteiger partial charge in [0, 0.05) is 17.0 Å². The first-order valence-electron chi connectivity index (χ1n) is 6.59. The summed E-state index contributed by atoms with van der Waals surface area (Å²) in [6.07, 6.45) is 3.92. The number of carbonyl (C=O) groups is 1. The van der Waals surface area contributed by atoms with Gasteiger partial charge in [-0.3, -0.25) is 4.79 Å². The highest BCUT2D eigenvalue weighted by atomic mass is 35.5. The van der Waals surface area contributed by atoms with Crippen LogP contribution in [0, 0.1) is 16.7 Å². The van der Waals surface area contributed by atoms with Crippen molar-refractivity contribution in [2.75, 3.05) is 5.75 Å². The smallest absolute Gasteiger partial charge is 0.261 e. The zero-order valence-electron chi connectivity index (χ0n) is 11.1. The molecule has 2 saturated carbocycles. The number of rotatable bonds is 1. The molecule has 19 heavy (non-hydrogen) atoms. The van der Waals surface area contributed by atoms with E-state index in [0.717, 1.165) is 35.2 Å². The Kier molecular flexibility index (Phi) is 2.66. The molecule has 1 aliphatic heterocycles. The Hall–Kier alpha value is -0.550. The molecule has 6 heteroatoms. The van der Waals surface area contributed by atoms with Gasteiger partial charge in [-0.1, -0.05) is 25.4 Å². The fourth-order valence-corrected chi connectivity index (χ4v) is 7.32. The molecule has 2 bridgehead atoms. The van der Waals surface area contributed by atoms with Crippen LogP contribution in [0.2, 0.25) is 0 Å². The minimum atomic E-state index is -3.51. The largest absolute Gasteiger partial charge is 0.269 e. The average Bonchev–Trinajstić information content (AvgIpc) is 2.75. The van der Waals surface area contributed by atoms with Crippen LogP contribution in [0.5, 0.6) is 0 Å². The van der Waals surface area contributed by atoms with Gasteiger partial charge in [0.2, 0.25) is 10.0 Å². The van der Waals surface area contributed by atoms with E-state index in [-0.39, 0.29) is 22.6 Å². The molecule has 1 saturated heterocycles. The van der Waals surface area contributed by atoms with E-state index in [1.807, 2.05) is 0 Å². The van der Waals surface area contributed by atoms with Gasteiger partial charge in [0.25, 0.3) is 5.91 Å². The van der Waals surface area contributed by atoms with Crippen LogP contribution in [0.4, 0.5) is 0 Å². The van der Waals surface area contributed by atoms with Crippen molar-refractivity contribution in [3.63, 3.8) is 0 Å². The minimum Gasteiger partial charge on any atom is -0.269 e. The first kappa shape index (κ1) is 13.4. The molecule has 3 atom stereocenters. The number of fused-ring (bicyclic) bond motifs is 1. The molecule has 0 N–H and O–H groups in total. The highest BCUT2D eigenvalue weighted by Gasteiger charge is 2.72. The summed E-state index contributed by atoms with van der Waals surface area (Å²) >= 11 is 5.42. The molecule has 3 rings (SSSR count). The van der Waals surface area contributed by atoms with E-state index in [9.17, 15) is 13.2 Å². The molecule has 0 radical (unpaired) electrons. The zero-order chi connectivity index (χ0) is 14.1. The molecular formula is C13H18ClNO3S. The van der Waals surface area contributed by atoms with Crippen LogP contribution in [0.25, 0.3) is 0 Å². The first-order chi connectivity index (χ1) is 8.76. The molecule has 0 aromatic carbocycles. The molecule has 0 aromatic rings. The van der Waals surface area contributed by atoms with Gasteiger partial charge in [0.1, 0.15) is 0 Å². The average molecular weight is 304 g/mol. The maximum atomic E-state index is 12.4. The number of amides is 1. The van der Waals surface area contributed by atoms with Crippen LogP contribution >= 0.6 is 11.6 Å². The third-order valence-electron chi connectivity index (χ3n) is 5.83. The summed E-state index contributed by atoms with van der Waals surface area (Å²) in [6.45, 7) is 4.32. The van der Waals surface area contributed by atoms with E-state index in [1.165, 1.54) is 0 Å². The third-order valence-corrected chi connectivity index (χ3v) is 7.87. The molecule has 1 amide bonds. The normalized spacial score (nSPS) is 41.9.